The predicted octanol–water partition coefficient (Wildman–Crippen LogP) is 5.02. The fourth-order valence-electron chi connectivity index (χ4n) is 3.38. The summed E-state index contributed by atoms with van der Waals surface area (Å²) >= 11 is 0. The van der Waals surface area contributed by atoms with Gasteiger partial charge in [0.2, 0.25) is 0 Å². The van der Waals surface area contributed by atoms with E-state index >= 15 is 0 Å². The summed E-state index contributed by atoms with van der Waals surface area (Å²) < 4.78 is 21.4. The van der Waals surface area contributed by atoms with E-state index in [0.29, 0.717) is 12.1 Å². The second-order valence-corrected chi connectivity index (χ2v) is 7.26. The summed E-state index contributed by atoms with van der Waals surface area (Å²) in [4.78, 5) is 2.43. The number of halogens is 1. The van der Waals surface area contributed by atoms with Gasteiger partial charge in [-0.05, 0) is 37.1 Å². The maximum Gasteiger partial charge on any atom is 0.128 e. The van der Waals surface area contributed by atoms with Crippen molar-refractivity contribution in [1.82, 2.24) is 9.47 Å². The molecule has 1 heterocycles. The molecule has 0 aliphatic heterocycles. The van der Waals surface area contributed by atoms with Crippen molar-refractivity contribution in [2.24, 2.45) is 0 Å². The zero-order valence-electron chi connectivity index (χ0n) is 16.8. The summed E-state index contributed by atoms with van der Waals surface area (Å²) in [5.41, 5.74) is 4.47. The molecule has 0 bridgehead atoms. The van der Waals surface area contributed by atoms with E-state index in [2.05, 4.69) is 46.7 Å². The third-order valence-corrected chi connectivity index (χ3v) is 4.96. The molecule has 3 rings (SSSR count). The predicted molar refractivity (Wildman–Crippen MR) is 112 cm³/mol. The van der Waals surface area contributed by atoms with Crippen LogP contribution in [-0.4, -0.2) is 29.7 Å². The second-order valence-electron chi connectivity index (χ2n) is 7.26. The lowest BCUT2D eigenvalue weighted by atomic mass is 10.1. The van der Waals surface area contributed by atoms with Crippen LogP contribution in [0.2, 0.25) is 0 Å². The highest BCUT2D eigenvalue weighted by molar-refractivity contribution is 5.22. The molecule has 3 aromatic rings. The SMILES string of the molecule is COCCCN(Cc1ccc(C)cc1)Cc1cccn1Cc1ccccc1F. The van der Waals surface area contributed by atoms with Crippen molar-refractivity contribution in [3.8, 4) is 0 Å². The van der Waals surface area contributed by atoms with Gasteiger partial charge in [0.15, 0.2) is 0 Å². The molecule has 4 heteroatoms. The van der Waals surface area contributed by atoms with Crippen molar-refractivity contribution in [1.29, 1.82) is 0 Å². The van der Waals surface area contributed by atoms with Gasteiger partial charge in [0, 0.05) is 50.8 Å². The van der Waals surface area contributed by atoms with E-state index in [1.54, 1.807) is 13.2 Å². The molecule has 0 N–H and O–H groups in total. The van der Waals surface area contributed by atoms with Gasteiger partial charge in [-0.3, -0.25) is 4.90 Å². The van der Waals surface area contributed by atoms with E-state index in [1.807, 2.05) is 24.4 Å². The summed E-state index contributed by atoms with van der Waals surface area (Å²) in [6.07, 6.45) is 3.01. The quantitative estimate of drug-likeness (QED) is 0.459. The van der Waals surface area contributed by atoms with Gasteiger partial charge >= 0.3 is 0 Å². The first-order valence-electron chi connectivity index (χ1n) is 9.80. The Hall–Kier alpha value is -2.43. The summed E-state index contributed by atoms with van der Waals surface area (Å²) in [6.45, 7) is 6.06. The van der Waals surface area contributed by atoms with Gasteiger partial charge in [0.25, 0.3) is 0 Å². The number of nitrogens with zero attached hydrogens (tertiary/aromatic N) is 2. The fourth-order valence-corrected chi connectivity index (χ4v) is 3.38. The van der Waals surface area contributed by atoms with Gasteiger partial charge in [0.1, 0.15) is 5.82 Å². The highest BCUT2D eigenvalue weighted by atomic mass is 19.1. The lowest BCUT2D eigenvalue weighted by Crippen LogP contribution is -2.26. The van der Waals surface area contributed by atoms with E-state index in [9.17, 15) is 4.39 Å². The Morgan fingerprint density at radius 1 is 0.964 bits per heavy atom. The van der Waals surface area contributed by atoms with Crippen LogP contribution < -0.4 is 0 Å². The molecule has 2 aromatic carbocycles. The number of benzene rings is 2. The molecular weight excluding hydrogens is 351 g/mol. The van der Waals surface area contributed by atoms with E-state index in [1.165, 1.54) is 22.9 Å². The first-order valence-corrected chi connectivity index (χ1v) is 9.80. The van der Waals surface area contributed by atoms with Crippen LogP contribution >= 0.6 is 0 Å². The average molecular weight is 381 g/mol. The molecule has 0 fully saturated rings. The van der Waals surface area contributed by atoms with Crippen molar-refractivity contribution in [2.75, 3.05) is 20.3 Å². The molecule has 0 radical (unpaired) electrons. The van der Waals surface area contributed by atoms with Crippen molar-refractivity contribution in [3.05, 3.63) is 95.1 Å². The monoisotopic (exact) mass is 380 g/mol. The van der Waals surface area contributed by atoms with Gasteiger partial charge in [-0.1, -0.05) is 48.0 Å². The Bertz CT molecular complexity index is 857. The minimum Gasteiger partial charge on any atom is -0.385 e. The standard InChI is InChI=1S/C24H29FN2O/c1-20-10-12-21(13-11-20)17-26(14-6-16-28-2)19-23-8-5-15-27(23)18-22-7-3-4-9-24(22)25/h3-5,7-13,15H,6,14,16-19H2,1-2H3. The first kappa shape index (κ1) is 20.3. The zero-order chi connectivity index (χ0) is 19.8. The number of hydrogen-bond acceptors (Lipinski definition) is 2. The normalized spacial score (nSPS) is 11.3. The Morgan fingerprint density at radius 3 is 2.50 bits per heavy atom. The molecule has 1 aromatic heterocycles. The number of hydrogen-bond donors (Lipinski definition) is 0. The molecule has 0 saturated heterocycles. The van der Waals surface area contributed by atoms with Gasteiger partial charge in [-0.2, -0.15) is 0 Å². The summed E-state index contributed by atoms with van der Waals surface area (Å²) in [5, 5.41) is 0. The largest absolute Gasteiger partial charge is 0.385 e. The molecule has 0 unspecified atom stereocenters. The maximum atomic E-state index is 14.1. The topological polar surface area (TPSA) is 17.4 Å². The molecule has 0 spiro atoms. The Labute approximate surface area is 167 Å². The van der Waals surface area contributed by atoms with Crippen LogP contribution in [0.1, 0.15) is 28.8 Å². The molecule has 0 saturated carbocycles. The molecule has 3 nitrogen and oxygen atoms in total. The van der Waals surface area contributed by atoms with E-state index in [4.69, 9.17) is 4.74 Å². The molecule has 148 valence electrons. The van der Waals surface area contributed by atoms with Crippen LogP contribution in [0, 0.1) is 12.7 Å². The molecule has 0 amide bonds. The van der Waals surface area contributed by atoms with Gasteiger partial charge < -0.3 is 9.30 Å². The molecule has 0 aliphatic rings. The number of ether oxygens (including phenoxy) is 1. The van der Waals surface area contributed by atoms with Gasteiger partial charge in [-0.15, -0.1) is 0 Å². The Kier molecular flexibility index (Phi) is 7.40. The van der Waals surface area contributed by atoms with Crippen molar-refractivity contribution < 1.29 is 9.13 Å². The van der Waals surface area contributed by atoms with Gasteiger partial charge in [0.05, 0.1) is 6.54 Å². The molecule has 0 aliphatic carbocycles. The van der Waals surface area contributed by atoms with E-state index in [-0.39, 0.29) is 5.82 Å². The molecule has 28 heavy (non-hydrogen) atoms. The van der Waals surface area contributed by atoms with E-state index in [0.717, 1.165) is 32.7 Å². The number of aryl methyl sites for hydroxylation is 1. The summed E-state index contributed by atoms with van der Waals surface area (Å²) in [7, 11) is 1.74. The highest BCUT2D eigenvalue weighted by Crippen LogP contribution is 2.15. The average Bonchev–Trinajstić information content (AvgIpc) is 3.12. The summed E-state index contributed by atoms with van der Waals surface area (Å²) in [5.74, 6) is -0.154. The Morgan fingerprint density at radius 2 is 1.75 bits per heavy atom. The van der Waals surface area contributed by atoms with Crippen LogP contribution in [0.25, 0.3) is 0 Å². The minimum atomic E-state index is -0.154. The van der Waals surface area contributed by atoms with Crippen molar-refractivity contribution in [3.63, 3.8) is 0 Å². The lowest BCUT2D eigenvalue weighted by molar-refractivity contribution is 0.165. The van der Waals surface area contributed by atoms with Crippen LogP contribution in [0.5, 0.6) is 0 Å². The number of aromatic nitrogens is 1. The van der Waals surface area contributed by atoms with Crippen molar-refractivity contribution >= 4 is 0 Å². The van der Waals surface area contributed by atoms with Crippen LogP contribution in [0.3, 0.4) is 0 Å². The highest BCUT2D eigenvalue weighted by Gasteiger charge is 2.11. The lowest BCUT2D eigenvalue weighted by Gasteiger charge is -2.23. The van der Waals surface area contributed by atoms with Crippen molar-refractivity contribution in [2.45, 2.75) is 33.0 Å². The fraction of sp³-hybridized carbons (Fsp3) is 0.333. The first-order chi connectivity index (χ1) is 13.7. The maximum absolute atomic E-state index is 14.1. The number of rotatable bonds is 10. The van der Waals surface area contributed by atoms with Crippen LogP contribution in [-0.2, 0) is 24.4 Å². The summed E-state index contributed by atoms with van der Waals surface area (Å²) in [6, 6.07) is 19.8. The molecular formula is C24H29FN2O. The van der Waals surface area contributed by atoms with Gasteiger partial charge in [-0.25, -0.2) is 4.39 Å². The van der Waals surface area contributed by atoms with Crippen LogP contribution in [0.15, 0.2) is 66.9 Å². The smallest absolute Gasteiger partial charge is 0.128 e. The Balaban J connectivity index is 1.72. The third-order valence-electron chi connectivity index (χ3n) is 4.96. The second kappa shape index (κ2) is 10.2. The third kappa shape index (κ3) is 5.78. The zero-order valence-corrected chi connectivity index (χ0v) is 16.8. The number of methoxy groups -OCH3 is 1. The van der Waals surface area contributed by atoms with E-state index < -0.39 is 0 Å². The van der Waals surface area contributed by atoms with Crippen LogP contribution in [0.4, 0.5) is 4.39 Å². The minimum absolute atomic E-state index is 0.154. The molecule has 0 atom stereocenters.